The molecule has 0 aliphatic carbocycles. The van der Waals surface area contributed by atoms with Crippen molar-refractivity contribution in [2.24, 2.45) is 0 Å². The first-order chi connectivity index (χ1) is 15.0. The number of nitrogen functional groups attached to an aromatic ring is 1. The third-order valence-electron chi connectivity index (χ3n) is 6.18. The van der Waals surface area contributed by atoms with Crippen LogP contribution in [-0.4, -0.2) is 71.0 Å². The van der Waals surface area contributed by atoms with Gasteiger partial charge in [-0.15, -0.1) is 24.8 Å². The first kappa shape index (κ1) is 25.0. The number of nitrogens with one attached hydrogen (secondary N) is 2. The number of anilines is 1. The number of nitrogens with zero attached hydrogens (tertiary/aromatic N) is 2. The number of piperazine rings is 1. The predicted molar refractivity (Wildman–Crippen MR) is 133 cm³/mol. The molecule has 2 amide bonds. The van der Waals surface area contributed by atoms with Crippen molar-refractivity contribution in [3.8, 4) is 11.3 Å². The number of aliphatic hydroxyl groups is 1. The molecule has 5 N–H and O–H groups in total. The number of carbonyl (C=O) groups is 2. The van der Waals surface area contributed by atoms with Crippen LogP contribution >= 0.6 is 24.8 Å². The molecule has 0 atom stereocenters. The van der Waals surface area contributed by atoms with E-state index in [0.29, 0.717) is 16.8 Å². The Balaban J connectivity index is 0.00000153. The highest BCUT2D eigenvalue weighted by Crippen LogP contribution is 2.34. The van der Waals surface area contributed by atoms with Crippen LogP contribution in [0.3, 0.4) is 0 Å². The van der Waals surface area contributed by atoms with E-state index in [9.17, 15) is 9.59 Å². The summed E-state index contributed by atoms with van der Waals surface area (Å²) in [6.07, 6.45) is 0. The monoisotopic (exact) mass is 491 g/mol. The molecule has 2 aliphatic rings. The third kappa shape index (κ3) is 4.71. The number of hydrogen-bond acceptors (Lipinski definition) is 6. The molecule has 0 unspecified atom stereocenters. The number of β-amino-alcohol motifs (C(OH)–C–C–N with tert-alkyl or cyclic N) is 1. The highest BCUT2D eigenvalue weighted by Gasteiger charge is 2.32. The van der Waals surface area contributed by atoms with Crippen molar-refractivity contribution in [3.63, 3.8) is 0 Å². The van der Waals surface area contributed by atoms with Crippen LogP contribution in [0.5, 0.6) is 0 Å². The average Bonchev–Trinajstić information content (AvgIpc) is 3.31. The van der Waals surface area contributed by atoms with E-state index in [1.54, 1.807) is 12.1 Å². The molecule has 3 heterocycles. The Morgan fingerprint density at radius 1 is 0.909 bits per heavy atom. The van der Waals surface area contributed by atoms with Gasteiger partial charge in [-0.05, 0) is 35.9 Å². The summed E-state index contributed by atoms with van der Waals surface area (Å²) in [5.41, 5.74) is 10.5. The second-order valence-corrected chi connectivity index (χ2v) is 8.18. The molecule has 2 aromatic carbocycles. The number of aromatic amines is 1. The van der Waals surface area contributed by atoms with Gasteiger partial charge in [0, 0.05) is 67.1 Å². The first-order valence-electron chi connectivity index (χ1n) is 10.5. The fourth-order valence-corrected chi connectivity index (χ4v) is 4.55. The zero-order valence-corrected chi connectivity index (χ0v) is 19.6. The molecule has 0 saturated carbocycles. The van der Waals surface area contributed by atoms with Gasteiger partial charge in [-0.1, -0.05) is 6.07 Å². The van der Waals surface area contributed by atoms with Gasteiger partial charge in [-0.2, -0.15) is 0 Å². The molecule has 3 aromatic rings. The lowest BCUT2D eigenvalue weighted by molar-refractivity contribution is 0.0880. The zero-order chi connectivity index (χ0) is 21.5. The van der Waals surface area contributed by atoms with E-state index in [1.165, 1.54) is 5.56 Å². The summed E-state index contributed by atoms with van der Waals surface area (Å²) < 4.78 is 0. The molecular formula is C23H27Cl2N5O3. The van der Waals surface area contributed by atoms with E-state index in [2.05, 4.69) is 38.3 Å². The van der Waals surface area contributed by atoms with E-state index >= 15 is 0 Å². The fraction of sp³-hybridized carbons (Fsp3) is 0.304. The van der Waals surface area contributed by atoms with Gasteiger partial charge in [0.05, 0.1) is 17.7 Å². The molecule has 0 radical (unpaired) electrons. The first-order valence-corrected chi connectivity index (χ1v) is 10.5. The van der Waals surface area contributed by atoms with Gasteiger partial charge in [0.25, 0.3) is 11.8 Å². The van der Waals surface area contributed by atoms with Gasteiger partial charge in [0.15, 0.2) is 0 Å². The molecule has 5 rings (SSSR count). The maximum atomic E-state index is 12.4. The minimum absolute atomic E-state index is 0. The lowest BCUT2D eigenvalue weighted by Gasteiger charge is -2.34. The molecular weight excluding hydrogens is 465 g/mol. The molecule has 1 fully saturated rings. The van der Waals surface area contributed by atoms with Gasteiger partial charge in [-0.3, -0.25) is 24.7 Å². The van der Waals surface area contributed by atoms with Crippen molar-refractivity contribution >= 4 is 53.2 Å². The minimum Gasteiger partial charge on any atom is -0.398 e. The standard InChI is InChI=1S/C23H25N5O3.2ClH/c24-17-3-2-16(20-21(17)23(31)26-22(20)30)19-12-15-11-14(1-4-18(15)25-19)13-28-7-5-27(6-8-28)9-10-29;;/h1-4,11-12,25,29H,5-10,13,24H2,(H,26,30,31);2*1H. The summed E-state index contributed by atoms with van der Waals surface area (Å²) in [6, 6.07) is 11.8. The molecule has 8 nitrogen and oxygen atoms in total. The quantitative estimate of drug-likeness (QED) is 0.321. The van der Waals surface area contributed by atoms with Crippen LogP contribution in [0.1, 0.15) is 26.3 Å². The number of nitrogens with two attached hydrogens (primary N) is 1. The number of amides is 2. The van der Waals surface area contributed by atoms with E-state index in [0.717, 1.165) is 55.9 Å². The molecule has 0 spiro atoms. The van der Waals surface area contributed by atoms with E-state index in [-0.39, 0.29) is 37.0 Å². The van der Waals surface area contributed by atoms with Crippen LogP contribution < -0.4 is 11.1 Å². The third-order valence-corrected chi connectivity index (χ3v) is 6.18. The molecule has 10 heteroatoms. The lowest BCUT2D eigenvalue weighted by atomic mass is 9.98. The minimum atomic E-state index is -0.447. The zero-order valence-electron chi connectivity index (χ0n) is 18.0. The summed E-state index contributed by atoms with van der Waals surface area (Å²) in [5.74, 6) is -0.862. The summed E-state index contributed by atoms with van der Waals surface area (Å²) >= 11 is 0. The van der Waals surface area contributed by atoms with Crippen LogP contribution in [0.15, 0.2) is 36.4 Å². The number of hydrogen-bond donors (Lipinski definition) is 4. The highest BCUT2D eigenvalue weighted by molar-refractivity contribution is 6.26. The van der Waals surface area contributed by atoms with E-state index in [1.807, 2.05) is 6.07 Å². The largest absolute Gasteiger partial charge is 0.398 e. The van der Waals surface area contributed by atoms with E-state index in [4.69, 9.17) is 10.8 Å². The number of fused-ring (bicyclic) bond motifs is 2. The fourth-order valence-electron chi connectivity index (χ4n) is 4.55. The van der Waals surface area contributed by atoms with Gasteiger partial charge in [0.1, 0.15) is 0 Å². The summed E-state index contributed by atoms with van der Waals surface area (Å²) in [7, 11) is 0. The lowest BCUT2D eigenvalue weighted by Crippen LogP contribution is -2.46. The molecule has 0 bridgehead atoms. The average molecular weight is 492 g/mol. The maximum absolute atomic E-state index is 12.4. The number of carbonyl (C=O) groups excluding carboxylic acids is 2. The highest BCUT2D eigenvalue weighted by atomic mass is 35.5. The van der Waals surface area contributed by atoms with Crippen molar-refractivity contribution in [2.75, 3.05) is 45.1 Å². The van der Waals surface area contributed by atoms with Crippen LogP contribution in [0.2, 0.25) is 0 Å². The van der Waals surface area contributed by atoms with Gasteiger partial charge < -0.3 is 15.8 Å². The predicted octanol–water partition coefficient (Wildman–Crippen LogP) is 2.25. The summed E-state index contributed by atoms with van der Waals surface area (Å²) in [6.45, 7) is 5.73. The van der Waals surface area contributed by atoms with Crippen molar-refractivity contribution in [1.82, 2.24) is 20.1 Å². The normalized spacial score (nSPS) is 16.3. The van der Waals surface area contributed by atoms with Gasteiger partial charge >= 0.3 is 0 Å². The molecule has 1 saturated heterocycles. The number of rotatable bonds is 5. The van der Waals surface area contributed by atoms with Crippen LogP contribution in [0.25, 0.3) is 22.2 Å². The topological polar surface area (TPSA) is 115 Å². The van der Waals surface area contributed by atoms with Crippen LogP contribution in [-0.2, 0) is 6.54 Å². The van der Waals surface area contributed by atoms with Crippen LogP contribution in [0, 0.1) is 0 Å². The Bertz CT molecular complexity index is 1190. The summed E-state index contributed by atoms with van der Waals surface area (Å²) in [4.78, 5) is 32.5. The second kappa shape index (κ2) is 10.1. The van der Waals surface area contributed by atoms with Gasteiger partial charge in [0.2, 0.25) is 0 Å². The number of halogens is 2. The Labute approximate surface area is 203 Å². The Morgan fingerprint density at radius 3 is 2.33 bits per heavy atom. The number of aromatic nitrogens is 1. The number of imide groups is 1. The number of aliphatic hydroxyl groups excluding tert-OH is 1. The molecule has 176 valence electrons. The van der Waals surface area contributed by atoms with Crippen molar-refractivity contribution in [1.29, 1.82) is 0 Å². The van der Waals surface area contributed by atoms with Crippen molar-refractivity contribution in [2.45, 2.75) is 6.54 Å². The maximum Gasteiger partial charge on any atom is 0.261 e. The Hall–Kier alpha value is -2.62. The second-order valence-electron chi connectivity index (χ2n) is 8.18. The number of H-pyrrole nitrogens is 1. The van der Waals surface area contributed by atoms with Gasteiger partial charge in [-0.25, -0.2) is 0 Å². The smallest absolute Gasteiger partial charge is 0.261 e. The van der Waals surface area contributed by atoms with Crippen LogP contribution in [0.4, 0.5) is 5.69 Å². The SMILES string of the molecule is Cl.Cl.Nc1ccc(-c2cc3cc(CN4CCN(CCO)CC4)ccc3[nH]2)c2c1C(=O)NC2=O. The summed E-state index contributed by atoms with van der Waals surface area (Å²) in [5, 5.41) is 12.5. The Morgan fingerprint density at radius 2 is 1.61 bits per heavy atom. The number of benzene rings is 2. The van der Waals surface area contributed by atoms with Crippen molar-refractivity contribution < 1.29 is 14.7 Å². The molecule has 33 heavy (non-hydrogen) atoms. The molecule has 2 aliphatic heterocycles. The Kier molecular flexibility index (Phi) is 7.66. The van der Waals surface area contributed by atoms with Crippen molar-refractivity contribution in [3.05, 3.63) is 53.1 Å². The molecule has 1 aromatic heterocycles. The van der Waals surface area contributed by atoms with E-state index < -0.39 is 11.8 Å².